The SMILES string of the molecule is CN1CCN(c2ncnc3ccc(-c4cccc(S(=O)(=O)Cc5ccccc5)c4)nc23)CC1=O. The van der Waals surface area contributed by atoms with Crippen molar-refractivity contribution in [3.8, 4) is 11.3 Å². The lowest BCUT2D eigenvalue weighted by Gasteiger charge is -2.32. The maximum atomic E-state index is 13.0. The molecule has 5 rings (SSSR count). The third kappa shape index (κ3) is 4.34. The average molecular weight is 474 g/mol. The molecule has 4 aromatic rings. The summed E-state index contributed by atoms with van der Waals surface area (Å²) in [7, 11) is -1.74. The van der Waals surface area contributed by atoms with Crippen LogP contribution in [-0.2, 0) is 20.4 Å². The zero-order valence-electron chi connectivity index (χ0n) is 18.6. The Balaban J connectivity index is 1.51. The van der Waals surface area contributed by atoms with Crippen molar-refractivity contribution < 1.29 is 13.2 Å². The second-order valence-electron chi connectivity index (χ2n) is 8.27. The van der Waals surface area contributed by atoms with E-state index in [1.165, 1.54) is 6.33 Å². The Morgan fingerprint density at radius 1 is 0.941 bits per heavy atom. The number of rotatable bonds is 5. The second-order valence-corrected chi connectivity index (χ2v) is 10.3. The molecule has 2 aromatic heterocycles. The van der Waals surface area contributed by atoms with Gasteiger partial charge in [-0.2, -0.15) is 0 Å². The van der Waals surface area contributed by atoms with Crippen LogP contribution in [-0.4, -0.2) is 60.9 Å². The molecule has 0 bridgehead atoms. The highest BCUT2D eigenvalue weighted by molar-refractivity contribution is 7.90. The van der Waals surface area contributed by atoms with E-state index in [1.54, 1.807) is 42.3 Å². The average Bonchev–Trinajstić information content (AvgIpc) is 2.85. The molecule has 0 spiro atoms. The van der Waals surface area contributed by atoms with Gasteiger partial charge in [-0.1, -0.05) is 42.5 Å². The first-order chi connectivity index (χ1) is 16.4. The number of hydrogen-bond acceptors (Lipinski definition) is 7. The monoisotopic (exact) mass is 473 g/mol. The summed E-state index contributed by atoms with van der Waals surface area (Å²) in [6, 6.07) is 19.6. The van der Waals surface area contributed by atoms with Gasteiger partial charge in [0, 0.05) is 25.7 Å². The summed E-state index contributed by atoms with van der Waals surface area (Å²) in [5, 5.41) is 0. The van der Waals surface area contributed by atoms with Crippen molar-refractivity contribution in [2.24, 2.45) is 0 Å². The Labute approximate surface area is 197 Å². The standard InChI is InChI=1S/C25H23N5O3S/c1-29-12-13-30(15-23(29)31)25-24-22(26-17-27-25)11-10-21(28-24)19-8-5-9-20(14-19)34(32,33)16-18-6-3-2-4-7-18/h2-11,14,17H,12-13,15-16H2,1H3. The molecule has 1 aliphatic rings. The van der Waals surface area contributed by atoms with Gasteiger partial charge in [0.15, 0.2) is 15.7 Å². The Hall–Kier alpha value is -3.85. The van der Waals surface area contributed by atoms with E-state index in [-0.39, 0.29) is 23.1 Å². The number of benzene rings is 2. The Morgan fingerprint density at radius 3 is 2.56 bits per heavy atom. The molecule has 1 fully saturated rings. The van der Waals surface area contributed by atoms with Gasteiger partial charge in [0.2, 0.25) is 5.91 Å². The van der Waals surface area contributed by atoms with Gasteiger partial charge in [-0.25, -0.2) is 23.4 Å². The molecule has 0 radical (unpaired) electrons. The molecule has 2 aromatic carbocycles. The summed E-state index contributed by atoms with van der Waals surface area (Å²) in [4.78, 5) is 29.6. The number of nitrogens with zero attached hydrogens (tertiary/aromatic N) is 5. The van der Waals surface area contributed by atoms with Gasteiger partial charge in [-0.15, -0.1) is 0 Å². The van der Waals surface area contributed by atoms with Crippen LogP contribution in [0.3, 0.4) is 0 Å². The van der Waals surface area contributed by atoms with Gasteiger partial charge in [0.25, 0.3) is 0 Å². The third-order valence-corrected chi connectivity index (χ3v) is 7.59. The number of amides is 1. The number of carbonyl (C=O) groups excluding carboxylic acids is 1. The predicted molar refractivity (Wildman–Crippen MR) is 130 cm³/mol. The van der Waals surface area contributed by atoms with E-state index in [4.69, 9.17) is 4.98 Å². The molecule has 1 aliphatic heterocycles. The molecule has 3 heterocycles. The number of aromatic nitrogens is 3. The first-order valence-corrected chi connectivity index (χ1v) is 12.5. The maximum absolute atomic E-state index is 13.0. The molecule has 172 valence electrons. The fraction of sp³-hybridized carbons (Fsp3) is 0.200. The maximum Gasteiger partial charge on any atom is 0.241 e. The number of hydrogen-bond donors (Lipinski definition) is 0. The van der Waals surface area contributed by atoms with Crippen LogP contribution in [0.5, 0.6) is 0 Å². The molecule has 1 amide bonds. The Morgan fingerprint density at radius 2 is 1.76 bits per heavy atom. The van der Waals surface area contributed by atoms with Crippen LogP contribution < -0.4 is 4.90 Å². The normalized spacial score (nSPS) is 14.6. The fourth-order valence-corrected chi connectivity index (χ4v) is 5.38. The number of fused-ring (bicyclic) bond motifs is 1. The number of piperazine rings is 1. The smallest absolute Gasteiger partial charge is 0.241 e. The molecule has 9 heteroatoms. The lowest BCUT2D eigenvalue weighted by Crippen LogP contribution is -2.49. The number of carbonyl (C=O) groups is 1. The molecular formula is C25H23N5O3S. The third-order valence-electron chi connectivity index (χ3n) is 5.91. The van der Waals surface area contributed by atoms with Crippen LogP contribution in [0.2, 0.25) is 0 Å². The van der Waals surface area contributed by atoms with Crippen LogP contribution in [0.1, 0.15) is 5.56 Å². The van der Waals surface area contributed by atoms with Crippen molar-refractivity contribution in [1.82, 2.24) is 19.9 Å². The second kappa shape index (κ2) is 8.83. The summed E-state index contributed by atoms with van der Waals surface area (Å²) in [6.45, 7) is 1.47. The number of pyridine rings is 1. The van der Waals surface area contributed by atoms with Crippen molar-refractivity contribution in [3.05, 3.63) is 78.6 Å². The largest absolute Gasteiger partial charge is 0.344 e. The Bertz CT molecular complexity index is 1470. The molecule has 0 saturated carbocycles. The highest BCUT2D eigenvalue weighted by Gasteiger charge is 2.24. The highest BCUT2D eigenvalue weighted by atomic mass is 32.2. The van der Waals surface area contributed by atoms with Crippen LogP contribution in [0, 0.1) is 0 Å². The summed E-state index contributed by atoms with van der Waals surface area (Å²) >= 11 is 0. The lowest BCUT2D eigenvalue weighted by atomic mass is 10.1. The van der Waals surface area contributed by atoms with Gasteiger partial charge in [-0.3, -0.25) is 4.79 Å². The van der Waals surface area contributed by atoms with Crippen molar-refractivity contribution in [2.45, 2.75) is 10.6 Å². The quantitative estimate of drug-likeness (QED) is 0.440. The zero-order chi connectivity index (χ0) is 23.7. The molecular weight excluding hydrogens is 450 g/mol. The number of sulfone groups is 1. The van der Waals surface area contributed by atoms with E-state index in [9.17, 15) is 13.2 Å². The first-order valence-electron chi connectivity index (χ1n) is 10.9. The molecule has 34 heavy (non-hydrogen) atoms. The molecule has 0 N–H and O–H groups in total. The lowest BCUT2D eigenvalue weighted by molar-refractivity contribution is -0.129. The Kier molecular flexibility index (Phi) is 5.70. The minimum atomic E-state index is -3.53. The topological polar surface area (TPSA) is 96.4 Å². The zero-order valence-corrected chi connectivity index (χ0v) is 19.4. The summed E-state index contributed by atoms with van der Waals surface area (Å²) in [5.41, 5.74) is 3.27. The highest BCUT2D eigenvalue weighted by Crippen LogP contribution is 2.28. The molecule has 8 nitrogen and oxygen atoms in total. The van der Waals surface area contributed by atoms with E-state index in [1.807, 2.05) is 41.3 Å². The van der Waals surface area contributed by atoms with E-state index < -0.39 is 9.84 Å². The summed E-state index contributed by atoms with van der Waals surface area (Å²) < 4.78 is 26.1. The number of likely N-dealkylation sites (N-methyl/N-ethyl adjacent to an activating group) is 1. The first kappa shape index (κ1) is 22.0. The minimum absolute atomic E-state index is 0.0190. The summed E-state index contributed by atoms with van der Waals surface area (Å²) in [5.74, 6) is 0.546. The van der Waals surface area contributed by atoms with Crippen molar-refractivity contribution in [2.75, 3.05) is 31.6 Å². The number of anilines is 1. The molecule has 1 saturated heterocycles. The van der Waals surface area contributed by atoms with Gasteiger partial charge >= 0.3 is 0 Å². The predicted octanol–water partition coefficient (Wildman–Crippen LogP) is 2.94. The van der Waals surface area contributed by atoms with E-state index in [0.717, 1.165) is 5.56 Å². The van der Waals surface area contributed by atoms with Gasteiger partial charge in [-0.05, 0) is 29.8 Å². The minimum Gasteiger partial charge on any atom is -0.344 e. The van der Waals surface area contributed by atoms with Gasteiger partial charge < -0.3 is 9.80 Å². The molecule has 0 aliphatic carbocycles. The molecule has 0 unspecified atom stereocenters. The fourth-order valence-electron chi connectivity index (χ4n) is 3.98. The van der Waals surface area contributed by atoms with Crippen molar-refractivity contribution >= 4 is 32.6 Å². The van der Waals surface area contributed by atoms with Crippen molar-refractivity contribution in [3.63, 3.8) is 0 Å². The van der Waals surface area contributed by atoms with Crippen LogP contribution in [0.25, 0.3) is 22.3 Å². The van der Waals surface area contributed by atoms with Crippen LogP contribution in [0.15, 0.2) is 78.0 Å². The van der Waals surface area contributed by atoms with E-state index >= 15 is 0 Å². The molecule has 0 atom stereocenters. The van der Waals surface area contributed by atoms with Gasteiger partial charge in [0.05, 0.1) is 28.4 Å². The summed E-state index contributed by atoms with van der Waals surface area (Å²) in [6.07, 6.45) is 1.47. The van der Waals surface area contributed by atoms with Crippen LogP contribution in [0.4, 0.5) is 5.82 Å². The van der Waals surface area contributed by atoms with Gasteiger partial charge in [0.1, 0.15) is 11.8 Å². The van der Waals surface area contributed by atoms with E-state index in [2.05, 4.69) is 9.97 Å². The van der Waals surface area contributed by atoms with Crippen LogP contribution >= 0.6 is 0 Å². The van der Waals surface area contributed by atoms with E-state index in [0.29, 0.717) is 41.2 Å². The van der Waals surface area contributed by atoms with Crippen molar-refractivity contribution in [1.29, 1.82) is 0 Å².